The van der Waals surface area contributed by atoms with Crippen molar-refractivity contribution in [2.75, 3.05) is 5.73 Å². The predicted octanol–water partition coefficient (Wildman–Crippen LogP) is 5.23. The number of imidazole rings is 1. The molecule has 1 aliphatic heterocycles. The maximum atomic E-state index is 6.46. The lowest BCUT2D eigenvalue weighted by Gasteiger charge is -2.22. The van der Waals surface area contributed by atoms with Gasteiger partial charge in [-0.1, -0.05) is 23.8 Å². The smallest absolute Gasteiger partial charge is 0.166 e. The van der Waals surface area contributed by atoms with Crippen LogP contribution in [-0.2, 0) is 13.1 Å². The maximum Gasteiger partial charge on any atom is 0.166 e. The molecule has 0 radical (unpaired) electrons. The van der Waals surface area contributed by atoms with E-state index in [2.05, 4.69) is 59.4 Å². The van der Waals surface area contributed by atoms with E-state index in [9.17, 15) is 0 Å². The lowest BCUT2D eigenvalue weighted by Crippen LogP contribution is -2.12. The Balaban J connectivity index is 1.62. The van der Waals surface area contributed by atoms with Gasteiger partial charge in [0.2, 0.25) is 0 Å². The van der Waals surface area contributed by atoms with E-state index in [1.165, 1.54) is 24.0 Å². The Morgan fingerprint density at radius 2 is 1.97 bits per heavy atom. The number of benzene rings is 1. The lowest BCUT2D eigenvalue weighted by molar-refractivity contribution is 0.228. The van der Waals surface area contributed by atoms with Gasteiger partial charge in [-0.2, -0.15) is 5.10 Å². The van der Waals surface area contributed by atoms with Gasteiger partial charge in [0.15, 0.2) is 11.6 Å². The van der Waals surface area contributed by atoms with Crippen LogP contribution in [0.3, 0.4) is 0 Å². The average Bonchev–Trinajstić information content (AvgIpc) is 3.46. The molecule has 6 rings (SSSR count). The highest BCUT2D eigenvalue weighted by Crippen LogP contribution is 2.39. The van der Waals surface area contributed by atoms with Gasteiger partial charge in [-0.05, 0) is 52.5 Å². The van der Waals surface area contributed by atoms with Gasteiger partial charge in [0.25, 0.3) is 0 Å². The van der Waals surface area contributed by atoms with E-state index in [0.717, 1.165) is 46.1 Å². The molecule has 34 heavy (non-hydrogen) atoms. The summed E-state index contributed by atoms with van der Waals surface area (Å²) >= 11 is 0. The number of nitrogen functional groups attached to an aromatic ring is 1. The minimum atomic E-state index is -0.225. The van der Waals surface area contributed by atoms with E-state index < -0.39 is 0 Å². The molecule has 0 spiro atoms. The standard InChI is InChI=1S/C27H30N6O/c1-15-5-8-21-22(9-15)18(4)34-24-10-20(11-29-26(24)28)25-23(14-32-12-16(2)30-27(21)32)17(3)31-33(25)13-19-6-7-19/h5,8-12,18-19H,6-7,13-14H2,1-4H3,(H2,28,29)/t18-/m1/s1. The third-order valence-corrected chi connectivity index (χ3v) is 6.95. The topological polar surface area (TPSA) is 83.8 Å². The number of fused-ring (bicyclic) bond motifs is 7. The quantitative estimate of drug-likeness (QED) is 0.448. The second-order valence-corrected chi connectivity index (χ2v) is 9.83. The first-order valence-electron chi connectivity index (χ1n) is 12.0. The summed E-state index contributed by atoms with van der Waals surface area (Å²) in [6.45, 7) is 9.91. The van der Waals surface area contributed by atoms with Gasteiger partial charge in [0.1, 0.15) is 11.9 Å². The van der Waals surface area contributed by atoms with Gasteiger partial charge in [-0.15, -0.1) is 0 Å². The van der Waals surface area contributed by atoms with Gasteiger partial charge in [0.05, 0.1) is 23.6 Å². The molecular weight excluding hydrogens is 424 g/mol. The van der Waals surface area contributed by atoms with Crippen molar-refractivity contribution < 1.29 is 4.74 Å². The normalized spacial score (nSPS) is 17.1. The van der Waals surface area contributed by atoms with Crippen molar-refractivity contribution in [2.24, 2.45) is 5.92 Å². The Hall–Kier alpha value is -3.61. The van der Waals surface area contributed by atoms with E-state index in [0.29, 0.717) is 24.0 Å². The third kappa shape index (κ3) is 3.56. The van der Waals surface area contributed by atoms with Gasteiger partial charge in [0, 0.05) is 41.2 Å². The average molecular weight is 455 g/mol. The zero-order valence-electron chi connectivity index (χ0n) is 20.2. The monoisotopic (exact) mass is 454 g/mol. The van der Waals surface area contributed by atoms with Gasteiger partial charge < -0.3 is 15.0 Å². The van der Waals surface area contributed by atoms with E-state index in [4.69, 9.17) is 20.6 Å². The molecule has 3 aromatic heterocycles. The highest BCUT2D eigenvalue weighted by Gasteiger charge is 2.28. The Morgan fingerprint density at radius 3 is 2.76 bits per heavy atom. The summed E-state index contributed by atoms with van der Waals surface area (Å²) in [5, 5.41) is 4.97. The lowest BCUT2D eigenvalue weighted by atomic mass is 9.99. The first kappa shape index (κ1) is 21.0. The van der Waals surface area contributed by atoms with Crippen LogP contribution in [0.5, 0.6) is 5.75 Å². The molecule has 0 unspecified atom stereocenters. The second kappa shape index (κ2) is 7.72. The molecule has 1 aliphatic carbocycles. The molecule has 4 heterocycles. The van der Waals surface area contributed by atoms with E-state index in [1.807, 2.05) is 19.2 Å². The van der Waals surface area contributed by atoms with Gasteiger partial charge >= 0.3 is 0 Å². The number of hydrogen-bond acceptors (Lipinski definition) is 5. The van der Waals surface area contributed by atoms with Crippen LogP contribution in [0.2, 0.25) is 0 Å². The SMILES string of the molecule is Cc1ccc2c(c1)[C@@H](C)Oc1cc(cnc1N)-c1c(c(C)nn1CC1CC1)Cn1cc(C)nc1-2. The van der Waals surface area contributed by atoms with Gasteiger partial charge in [-0.3, -0.25) is 4.68 Å². The fraction of sp³-hybridized carbons (Fsp3) is 0.370. The molecule has 174 valence electrons. The largest absolute Gasteiger partial charge is 0.482 e. The number of rotatable bonds is 2. The fourth-order valence-electron chi connectivity index (χ4n) is 5.02. The molecular formula is C27H30N6O. The van der Waals surface area contributed by atoms with Crippen LogP contribution < -0.4 is 10.5 Å². The number of hydrogen-bond donors (Lipinski definition) is 1. The predicted molar refractivity (Wildman–Crippen MR) is 133 cm³/mol. The first-order valence-corrected chi connectivity index (χ1v) is 12.0. The number of pyridine rings is 1. The van der Waals surface area contributed by atoms with Crippen molar-refractivity contribution >= 4 is 5.82 Å². The van der Waals surface area contributed by atoms with Gasteiger partial charge in [-0.25, -0.2) is 9.97 Å². The summed E-state index contributed by atoms with van der Waals surface area (Å²) in [5.74, 6) is 2.63. The molecule has 4 aromatic rings. The van der Waals surface area contributed by atoms with E-state index in [-0.39, 0.29) is 6.10 Å². The number of aromatic nitrogens is 5. The molecule has 2 aliphatic rings. The summed E-state index contributed by atoms with van der Waals surface area (Å²) in [6, 6.07) is 8.49. The second-order valence-electron chi connectivity index (χ2n) is 9.83. The van der Waals surface area contributed by atoms with Crippen molar-refractivity contribution in [3.05, 3.63) is 64.7 Å². The van der Waals surface area contributed by atoms with Crippen molar-refractivity contribution in [1.82, 2.24) is 24.3 Å². The summed E-state index contributed by atoms with van der Waals surface area (Å²) < 4.78 is 10.9. The van der Waals surface area contributed by atoms with Crippen molar-refractivity contribution in [1.29, 1.82) is 0 Å². The van der Waals surface area contributed by atoms with E-state index >= 15 is 0 Å². The van der Waals surface area contributed by atoms with Crippen LogP contribution >= 0.6 is 0 Å². The molecule has 0 amide bonds. The molecule has 7 nitrogen and oxygen atoms in total. The van der Waals surface area contributed by atoms with E-state index in [1.54, 1.807) is 0 Å². The summed E-state index contributed by atoms with van der Waals surface area (Å²) in [4.78, 5) is 9.46. The summed E-state index contributed by atoms with van der Waals surface area (Å²) in [7, 11) is 0. The number of nitrogens with zero attached hydrogens (tertiary/aromatic N) is 5. The highest BCUT2D eigenvalue weighted by atomic mass is 16.5. The number of anilines is 1. The van der Waals surface area contributed by atoms with Crippen molar-refractivity contribution in [3.63, 3.8) is 0 Å². The number of nitrogens with two attached hydrogens (primary N) is 1. The Kier molecular flexibility index (Phi) is 4.76. The van der Waals surface area contributed by atoms with Crippen LogP contribution in [0.25, 0.3) is 22.6 Å². The minimum Gasteiger partial charge on any atom is -0.482 e. The van der Waals surface area contributed by atoms with Crippen LogP contribution in [-0.4, -0.2) is 24.3 Å². The highest BCUT2D eigenvalue weighted by molar-refractivity contribution is 5.69. The van der Waals surface area contributed by atoms with Crippen molar-refractivity contribution in [2.45, 2.75) is 59.7 Å². The number of aryl methyl sites for hydroxylation is 3. The molecule has 2 bridgehead atoms. The molecule has 1 fully saturated rings. The molecule has 0 saturated heterocycles. The van der Waals surface area contributed by atoms with Crippen LogP contribution in [0, 0.1) is 26.7 Å². The van der Waals surface area contributed by atoms with Crippen LogP contribution in [0.15, 0.2) is 36.7 Å². The van der Waals surface area contributed by atoms with Crippen LogP contribution in [0.1, 0.15) is 53.9 Å². The minimum absolute atomic E-state index is 0.225. The molecule has 1 aromatic carbocycles. The molecule has 7 heteroatoms. The maximum absolute atomic E-state index is 6.46. The molecule has 1 atom stereocenters. The third-order valence-electron chi connectivity index (χ3n) is 6.95. The first-order chi connectivity index (χ1) is 16.4. The summed E-state index contributed by atoms with van der Waals surface area (Å²) in [5.41, 5.74) is 14.9. The van der Waals surface area contributed by atoms with Crippen LogP contribution in [0.4, 0.5) is 5.82 Å². The zero-order chi connectivity index (χ0) is 23.6. The molecule has 2 N–H and O–H groups in total. The Bertz CT molecular complexity index is 1410. The zero-order valence-corrected chi connectivity index (χ0v) is 20.2. The summed E-state index contributed by atoms with van der Waals surface area (Å²) in [6.07, 6.45) is 6.28. The number of ether oxygens (including phenoxy) is 1. The van der Waals surface area contributed by atoms with Crippen molar-refractivity contribution in [3.8, 4) is 28.4 Å². The Labute approximate surface area is 199 Å². The Morgan fingerprint density at radius 1 is 1.15 bits per heavy atom. The molecule has 1 saturated carbocycles. The fourth-order valence-corrected chi connectivity index (χ4v) is 5.02.